The summed E-state index contributed by atoms with van der Waals surface area (Å²) in [6.07, 6.45) is 6.52. The van der Waals surface area contributed by atoms with Crippen molar-refractivity contribution in [3.63, 3.8) is 0 Å². The first-order valence-corrected chi connectivity index (χ1v) is 11.1. The van der Waals surface area contributed by atoms with Crippen molar-refractivity contribution in [3.05, 3.63) is 70.1 Å². The molecule has 1 aliphatic carbocycles. The predicted molar refractivity (Wildman–Crippen MR) is 122 cm³/mol. The summed E-state index contributed by atoms with van der Waals surface area (Å²) in [4.78, 5) is 44.4. The number of allylic oxidation sites excluding steroid dienone is 1. The molecule has 1 fully saturated rings. The van der Waals surface area contributed by atoms with E-state index in [1.54, 1.807) is 48.4 Å². The molecule has 2 unspecified atom stereocenters. The van der Waals surface area contributed by atoms with Crippen LogP contribution in [0.3, 0.4) is 0 Å². The van der Waals surface area contributed by atoms with Crippen molar-refractivity contribution >= 4 is 34.9 Å². The lowest BCUT2D eigenvalue weighted by Crippen LogP contribution is -2.49. The molecule has 3 N–H and O–H groups in total. The van der Waals surface area contributed by atoms with Gasteiger partial charge in [-0.05, 0) is 56.4 Å². The van der Waals surface area contributed by atoms with Crippen LogP contribution >= 0.6 is 11.6 Å². The van der Waals surface area contributed by atoms with Crippen LogP contribution in [0.15, 0.2) is 54.0 Å². The molecular formula is C24H25ClN4O3. The molecule has 1 saturated carbocycles. The molecule has 2 aromatic rings. The van der Waals surface area contributed by atoms with E-state index in [0.29, 0.717) is 34.8 Å². The Labute approximate surface area is 191 Å². The molecule has 2 aliphatic rings. The highest BCUT2D eigenvalue weighted by molar-refractivity contribution is 6.42. The average Bonchev–Trinajstić information content (AvgIpc) is 2.78. The molecule has 1 aliphatic heterocycles. The number of nitrogens with zero attached hydrogens (tertiary/aromatic N) is 2. The Morgan fingerprint density at radius 3 is 2.78 bits per heavy atom. The third kappa shape index (κ3) is 4.12. The largest absolute Gasteiger partial charge is 0.402 e. The predicted octanol–water partition coefficient (Wildman–Crippen LogP) is 3.49. The highest BCUT2D eigenvalue weighted by Gasteiger charge is 2.41. The minimum atomic E-state index is -0.428. The first-order chi connectivity index (χ1) is 15.4. The van der Waals surface area contributed by atoms with E-state index in [4.69, 9.17) is 17.3 Å². The van der Waals surface area contributed by atoms with Crippen molar-refractivity contribution in [2.75, 3.05) is 11.4 Å². The van der Waals surface area contributed by atoms with E-state index in [0.717, 1.165) is 19.3 Å². The Balaban J connectivity index is 1.56. The van der Waals surface area contributed by atoms with Gasteiger partial charge >= 0.3 is 0 Å². The summed E-state index contributed by atoms with van der Waals surface area (Å²) in [7, 11) is 0. The standard InChI is InChI=1S/C24H25ClN4O3/c1-14(26)20-22(30)21-18(25)8-3-9-19(21)29(24(20)32)17-7-2-5-15(11-17)12-28-23(31)16-6-4-10-27-13-16/h3-4,6,8-10,13,15,17H,2,5,7,11-12,26H2,1H3,(H,28,31)/b20-14-. The normalized spacial score (nSPS) is 22.4. The lowest BCUT2D eigenvalue weighted by atomic mass is 9.82. The van der Waals surface area contributed by atoms with E-state index < -0.39 is 5.78 Å². The number of aromatic nitrogens is 1. The number of nitrogens with one attached hydrogen (secondary N) is 1. The highest BCUT2D eigenvalue weighted by atomic mass is 35.5. The van der Waals surface area contributed by atoms with Crippen molar-refractivity contribution in [1.29, 1.82) is 0 Å². The Kier molecular flexibility index (Phi) is 6.28. The van der Waals surface area contributed by atoms with Gasteiger partial charge in [0, 0.05) is 30.7 Å². The molecule has 0 radical (unpaired) electrons. The topological polar surface area (TPSA) is 105 Å². The van der Waals surface area contributed by atoms with E-state index in [1.165, 1.54) is 6.20 Å². The Bertz CT molecular complexity index is 1100. The molecule has 0 saturated heterocycles. The number of hydrogen-bond donors (Lipinski definition) is 2. The van der Waals surface area contributed by atoms with Crippen LogP contribution in [0, 0.1) is 5.92 Å². The van der Waals surface area contributed by atoms with Gasteiger partial charge in [0.15, 0.2) is 0 Å². The van der Waals surface area contributed by atoms with Crippen molar-refractivity contribution in [2.24, 2.45) is 11.7 Å². The second-order valence-electron chi connectivity index (χ2n) is 8.33. The van der Waals surface area contributed by atoms with E-state index in [-0.39, 0.29) is 35.0 Å². The maximum Gasteiger partial charge on any atom is 0.264 e. The molecule has 166 valence electrons. The van der Waals surface area contributed by atoms with Crippen LogP contribution in [0.2, 0.25) is 5.02 Å². The third-order valence-corrected chi connectivity index (χ3v) is 6.44. The molecule has 7 nitrogen and oxygen atoms in total. The Morgan fingerprint density at radius 1 is 1.25 bits per heavy atom. The fourth-order valence-electron chi connectivity index (χ4n) is 4.62. The molecule has 0 spiro atoms. The highest BCUT2D eigenvalue weighted by Crippen LogP contribution is 2.40. The van der Waals surface area contributed by atoms with Crippen LogP contribution in [-0.4, -0.2) is 35.2 Å². The van der Waals surface area contributed by atoms with Crippen LogP contribution in [0.5, 0.6) is 0 Å². The number of anilines is 1. The molecule has 32 heavy (non-hydrogen) atoms. The molecule has 2 heterocycles. The van der Waals surface area contributed by atoms with Gasteiger partial charge in [0.2, 0.25) is 5.78 Å². The zero-order valence-corrected chi connectivity index (χ0v) is 18.6. The van der Waals surface area contributed by atoms with Crippen LogP contribution in [-0.2, 0) is 4.79 Å². The SMILES string of the molecule is C/C(N)=C1\C(=O)c2c(Cl)cccc2N(C2CCCC(CNC(=O)c3cccnc3)C2)C1=O. The van der Waals surface area contributed by atoms with E-state index in [1.807, 2.05) is 0 Å². The van der Waals surface area contributed by atoms with Crippen LogP contribution < -0.4 is 16.0 Å². The van der Waals surface area contributed by atoms with Crippen LogP contribution in [0.25, 0.3) is 0 Å². The summed E-state index contributed by atoms with van der Waals surface area (Å²) in [6.45, 7) is 2.06. The minimum Gasteiger partial charge on any atom is -0.402 e. The lowest BCUT2D eigenvalue weighted by molar-refractivity contribution is -0.115. The van der Waals surface area contributed by atoms with E-state index in [2.05, 4.69) is 10.3 Å². The molecule has 2 amide bonds. The third-order valence-electron chi connectivity index (χ3n) is 6.13. The number of carbonyl (C=O) groups is 3. The van der Waals surface area contributed by atoms with Gasteiger partial charge in [-0.2, -0.15) is 0 Å². The summed E-state index contributed by atoms with van der Waals surface area (Å²) in [5, 5.41) is 3.28. The van der Waals surface area contributed by atoms with Gasteiger partial charge < -0.3 is 16.0 Å². The monoisotopic (exact) mass is 452 g/mol. The molecule has 2 atom stereocenters. The summed E-state index contributed by atoms with van der Waals surface area (Å²) < 4.78 is 0. The molecule has 1 aromatic heterocycles. The number of amides is 2. The van der Waals surface area contributed by atoms with E-state index in [9.17, 15) is 14.4 Å². The van der Waals surface area contributed by atoms with Crippen molar-refractivity contribution in [3.8, 4) is 0 Å². The summed E-state index contributed by atoms with van der Waals surface area (Å²) in [6, 6.07) is 8.48. The Hall–Kier alpha value is -3.19. The zero-order chi connectivity index (χ0) is 22.8. The molecule has 0 bridgehead atoms. The van der Waals surface area contributed by atoms with Crippen molar-refractivity contribution < 1.29 is 14.4 Å². The maximum atomic E-state index is 13.4. The zero-order valence-electron chi connectivity index (χ0n) is 17.8. The number of hydrogen-bond acceptors (Lipinski definition) is 5. The van der Waals surface area contributed by atoms with Gasteiger partial charge in [-0.25, -0.2) is 0 Å². The van der Waals surface area contributed by atoms with Crippen molar-refractivity contribution in [2.45, 2.75) is 38.6 Å². The van der Waals surface area contributed by atoms with Gasteiger partial charge in [0.05, 0.1) is 21.8 Å². The van der Waals surface area contributed by atoms with Crippen LogP contribution in [0.1, 0.15) is 53.3 Å². The number of pyridine rings is 1. The number of Topliss-reactive ketones (excluding diaryl/α,β-unsaturated/α-hetero) is 1. The molecule has 1 aromatic carbocycles. The average molecular weight is 453 g/mol. The summed E-state index contributed by atoms with van der Waals surface area (Å²) >= 11 is 6.36. The number of halogens is 1. The number of fused-ring (bicyclic) bond motifs is 1. The summed E-state index contributed by atoms with van der Waals surface area (Å²) in [5.74, 6) is -0.771. The first-order valence-electron chi connectivity index (χ1n) is 10.7. The number of carbonyl (C=O) groups excluding carboxylic acids is 3. The molecular weight excluding hydrogens is 428 g/mol. The van der Waals surface area contributed by atoms with Gasteiger partial charge in [-0.15, -0.1) is 0 Å². The minimum absolute atomic E-state index is 0.0161. The van der Waals surface area contributed by atoms with Gasteiger partial charge in [-0.1, -0.05) is 24.1 Å². The smallest absolute Gasteiger partial charge is 0.264 e. The fraction of sp³-hybridized carbons (Fsp3) is 0.333. The molecule has 8 heteroatoms. The summed E-state index contributed by atoms with van der Waals surface area (Å²) in [5.41, 5.74) is 7.46. The number of nitrogens with two attached hydrogens (primary N) is 1. The Morgan fingerprint density at radius 2 is 2.06 bits per heavy atom. The fourth-order valence-corrected chi connectivity index (χ4v) is 4.87. The van der Waals surface area contributed by atoms with Crippen molar-refractivity contribution in [1.82, 2.24) is 10.3 Å². The molecule has 4 rings (SSSR count). The quantitative estimate of drug-likeness (QED) is 0.545. The van der Waals surface area contributed by atoms with Gasteiger partial charge in [-0.3, -0.25) is 19.4 Å². The maximum absolute atomic E-state index is 13.4. The second-order valence-corrected chi connectivity index (χ2v) is 8.74. The van der Waals surface area contributed by atoms with E-state index >= 15 is 0 Å². The van der Waals surface area contributed by atoms with Crippen LogP contribution in [0.4, 0.5) is 5.69 Å². The first kappa shape index (κ1) is 22.0. The number of ketones is 1. The van der Waals surface area contributed by atoms with Gasteiger partial charge in [0.1, 0.15) is 5.57 Å². The number of rotatable bonds is 4. The number of benzene rings is 1. The van der Waals surface area contributed by atoms with Gasteiger partial charge in [0.25, 0.3) is 11.8 Å². The second kappa shape index (κ2) is 9.12. The lowest BCUT2D eigenvalue weighted by Gasteiger charge is -2.40.